The van der Waals surface area contributed by atoms with Gasteiger partial charge in [-0.05, 0) is 38.1 Å². The Morgan fingerprint density at radius 1 is 1.04 bits per heavy atom. The summed E-state index contributed by atoms with van der Waals surface area (Å²) in [6.07, 6.45) is 0. The van der Waals surface area contributed by atoms with Gasteiger partial charge in [0.2, 0.25) is 4.96 Å². The van der Waals surface area contributed by atoms with E-state index in [0.29, 0.717) is 27.0 Å². The van der Waals surface area contributed by atoms with Crippen LogP contribution in [0.25, 0.3) is 4.96 Å². The number of para-hydroxylation sites is 3. The lowest BCUT2D eigenvalue weighted by Crippen LogP contribution is -2.12. The first kappa shape index (κ1) is 16.3. The fourth-order valence-corrected chi connectivity index (χ4v) is 3.73. The number of rotatable bonds is 4. The zero-order chi connectivity index (χ0) is 18.1. The number of fused-ring (bicyclic) bond motifs is 1. The van der Waals surface area contributed by atoms with Crippen LogP contribution in [-0.4, -0.2) is 20.5 Å². The smallest absolute Gasteiger partial charge is 0.267 e. The topological polar surface area (TPSA) is 68.5 Å². The van der Waals surface area contributed by atoms with Crippen LogP contribution in [0.4, 0.5) is 5.69 Å². The molecule has 0 bridgehead atoms. The molecule has 0 unspecified atom stereocenters. The van der Waals surface area contributed by atoms with Crippen molar-refractivity contribution < 1.29 is 9.53 Å². The number of anilines is 1. The van der Waals surface area contributed by atoms with Gasteiger partial charge in [0.15, 0.2) is 5.75 Å². The van der Waals surface area contributed by atoms with Gasteiger partial charge in [0, 0.05) is 5.69 Å². The summed E-state index contributed by atoms with van der Waals surface area (Å²) in [5, 5.41) is 11.1. The minimum atomic E-state index is -0.193. The monoisotopic (exact) mass is 364 g/mol. The molecular weight excluding hydrogens is 348 g/mol. The molecule has 7 heteroatoms. The van der Waals surface area contributed by atoms with Crippen LogP contribution >= 0.6 is 11.3 Å². The van der Waals surface area contributed by atoms with Crippen LogP contribution in [0.2, 0.25) is 0 Å². The standard InChI is InChI=1S/C19H16N4O2S/c1-12-17(26-19-22-21-13(2)23(12)19)18(24)20-15-10-6-7-11-16(15)25-14-8-4-3-5-9-14/h3-11H,1-2H3,(H,20,24). The van der Waals surface area contributed by atoms with Gasteiger partial charge in [0.25, 0.3) is 5.91 Å². The molecule has 4 aromatic rings. The first-order valence-electron chi connectivity index (χ1n) is 8.08. The van der Waals surface area contributed by atoms with Gasteiger partial charge >= 0.3 is 0 Å². The maximum absolute atomic E-state index is 12.8. The summed E-state index contributed by atoms with van der Waals surface area (Å²) in [5.74, 6) is 1.87. The van der Waals surface area contributed by atoms with Crippen molar-refractivity contribution in [3.8, 4) is 11.5 Å². The third-order valence-corrected chi connectivity index (χ3v) is 5.10. The summed E-state index contributed by atoms with van der Waals surface area (Å²) in [4.78, 5) is 14.1. The minimum absolute atomic E-state index is 0.193. The molecule has 2 aromatic carbocycles. The largest absolute Gasteiger partial charge is 0.455 e. The van der Waals surface area contributed by atoms with Crippen LogP contribution in [0.5, 0.6) is 11.5 Å². The number of hydrogen-bond acceptors (Lipinski definition) is 5. The van der Waals surface area contributed by atoms with E-state index in [-0.39, 0.29) is 5.91 Å². The molecule has 1 amide bonds. The fraction of sp³-hybridized carbons (Fsp3) is 0.105. The zero-order valence-corrected chi connectivity index (χ0v) is 15.1. The van der Waals surface area contributed by atoms with E-state index in [1.54, 1.807) is 0 Å². The third kappa shape index (κ3) is 2.93. The number of carbonyl (C=O) groups is 1. The maximum Gasteiger partial charge on any atom is 0.267 e. The molecule has 0 saturated carbocycles. The number of hydrogen-bond donors (Lipinski definition) is 1. The Bertz CT molecular complexity index is 1090. The van der Waals surface area contributed by atoms with E-state index in [2.05, 4.69) is 15.5 Å². The molecule has 2 aromatic heterocycles. The molecule has 6 nitrogen and oxygen atoms in total. The Morgan fingerprint density at radius 2 is 1.77 bits per heavy atom. The first-order chi connectivity index (χ1) is 12.6. The number of aromatic nitrogens is 3. The lowest BCUT2D eigenvalue weighted by atomic mass is 10.2. The molecule has 130 valence electrons. The van der Waals surface area contributed by atoms with Crippen LogP contribution in [0.15, 0.2) is 54.6 Å². The molecule has 0 spiro atoms. The average molecular weight is 364 g/mol. The van der Waals surface area contributed by atoms with Crippen molar-refractivity contribution in [2.75, 3.05) is 5.32 Å². The van der Waals surface area contributed by atoms with Gasteiger partial charge in [-0.2, -0.15) is 0 Å². The first-order valence-corrected chi connectivity index (χ1v) is 8.89. The molecular formula is C19H16N4O2S. The summed E-state index contributed by atoms with van der Waals surface area (Å²) in [6, 6.07) is 16.8. The summed E-state index contributed by atoms with van der Waals surface area (Å²) in [7, 11) is 0. The fourth-order valence-electron chi connectivity index (χ4n) is 2.73. The van der Waals surface area contributed by atoms with Crippen LogP contribution in [-0.2, 0) is 0 Å². The number of carbonyl (C=O) groups excluding carboxylic acids is 1. The van der Waals surface area contributed by atoms with E-state index in [1.807, 2.05) is 72.8 Å². The van der Waals surface area contributed by atoms with Crippen LogP contribution in [0.1, 0.15) is 21.2 Å². The lowest BCUT2D eigenvalue weighted by molar-refractivity contribution is 0.102. The molecule has 0 fully saturated rings. The molecule has 0 saturated heterocycles. The molecule has 4 rings (SSSR count). The molecule has 26 heavy (non-hydrogen) atoms. The van der Waals surface area contributed by atoms with E-state index < -0.39 is 0 Å². The van der Waals surface area contributed by atoms with Crippen LogP contribution in [0.3, 0.4) is 0 Å². The van der Waals surface area contributed by atoms with E-state index in [1.165, 1.54) is 11.3 Å². The second-order valence-corrected chi connectivity index (χ2v) is 6.72. The van der Waals surface area contributed by atoms with Crippen molar-refractivity contribution in [2.45, 2.75) is 13.8 Å². The normalized spacial score (nSPS) is 10.8. The second-order valence-electron chi connectivity index (χ2n) is 5.75. The van der Waals surface area contributed by atoms with Crippen molar-refractivity contribution in [3.63, 3.8) is 0 Å². The number of thiazole rings is 1. The Labute approximate surface area is 154 Å². The predicted octanol–water partition coefficient (Wildman–Crippen LogP) is 4.45. The van der Waals surface area contributed by atoms with E-state index in [0.717, 1.165) is 11.5 Å². The van der Waals surface area contributed by atoms with Crippen molar-refractivity contribution in [1.29, 1.82) is 0 Å². The quantitative estimate of drug-likeness (QED) is 0.581. The summed E-state index contributed by atoms with van der Waals surface area (Å²) in [6.45, 7) is 3.76. The van der Waals surface area contributed by atoms with Gasteiger partial charge in [-0.15, -0.1) is 10.2 Å². The third-order valence-electron chi connectivity index (χ3n) is 3.97. The van der Waals surface area contributed by atoms with E-state index in [4.69, 9.17) is 4.74 Å². The number of nitrogens with zero attached hydrogens (tertiary/aromatic N) is 3. The van der Waals surface area contributed by atoms with Gasteiger partial charge in [-0.1, -0.05) is 41.7 Å². The summed E-state index contributed by atoms with van der Waals surface area (Å²) < 4.78 is 7.78. The number of amides is 1. The Balaban J connectivity index is 1.62. The highest BCUT2D eigenvalue weighted by atomic mass is 32.1. The molecule has 0 atom stereocenters. The number of aryl methyl sites for hydroxylation is 2. The van der Waals surface area contributed by atoms with Crippen LogP contribution < -0.4 is 10.1 Å². The highest BCUT2D eigenvalue weighted by molar-refractivity contribution is 7.19. The van der Waals surface area contributed by atoms with Gasteiger partial charge in [-0.25, -0.2) is 0 Å². The van der Waals surface area contributed by atoms with E-state index in [9.17, 15) is 4.79 Å². The van der Waals surface area contributed by atoms with Crippen molar-refractivity contribution in [1.82, 2.24) is 14.6 Å². The summed E-state index contributed by atoms with van der Waals surface area (Å²) >= 11 is 1.32. The van der Waals surface area contributed by atoms with Crippen molar-refractivity contribution in [2.24, 2.45) is 0 Å². The van der Waals surface area contributed by atoms with Gasteiger partial charge in [-0.3, -0.25) is 9.20 Å². The number of nitrogens with one attached hydrogen (secondary N) is 1. The van der Waals surface area contributed by atoms with Crippen LogP contribution in [0, 0.1) is 13.8 Å². The van der Waals surface area contributed by atoms with Gasteiger partial charge in [0.05, 0.1) is 5.69 Å². The van der Waals surface area contributed by atoms with Crippen molar-refractivity contribution >= 4 is 27.9 Å². The summed E-state index contributed by atoms with van der Waals surface area (Å²) in [5.41, 5.74) is 1.44. The molecule has 0 aliphatic heterocycles. The highest BCUT2D eigenvalue weighted by Crippen LogP contribution is 2.30. The lowest BCUT2D eigenvalue weighted by Gasteiger charge is -2.12. The minimum Gasteiger partial charge on any atom is -0.455 e. The highest BCUT2D eigenvalue weighted by Gasteiger charge is 2.19. The van der Waals surface area contributed by atoms with Gasteiger partial charge in [0.1, 0.15) is 16.5 Å². The van der Waals surface area contributed by atoms with Crippen molar-refractivity contribution in [3.05, 3.63) is 71.0 Å². The Morgan fingerprint density at radius 3 is 2.54 bits per heavy atom. The second kappa shape index (κ2) is 6.61. The maximum atomic E-state index is 12.8. The molecule has 1 N–H and O–H groups in total. The predicted molar refractivity (Wildman–Crippen MR) is 101 cm³/mol. The molecule has 0 aliphatic rings. The Kier molecular flexibility index (Phi) is 4.14. The average Bonchev–Trinajstić information content (AvgIpc) is 3.18. The molecule has 0 radical (unpaired) electrons. The molecule has 2 heterocycles. The number of ether oxygens (including phenoxy) is 1. The molecule has 0 aliphatic carbocycles. The Hall–Kier alpha value is -3.19. The van der Waals surface area contributed by atoms with E-state index >= 15 is 0 Å². The van der Waals surface area contributed by atoms with Gasteiger partial charge < -0.3 is 10.1 Å². The number of benzene rings is 2. The SMILES string of the molecule is Cc1nnc2sc(C(=O)Nc3ccccc3Oc3ccccc3)c(C)n12. The zero-order valence-electron chi connectivity index (χ0n) is 14.3.